The Morgan fingerprint density at radius 1 is 1.25 bits per heavy atom. The summed E-state index contributed by atoms with van der Waals surface area (Å²) in [4.78, 5) is 11.1. The second kappa shape index (κ2) is 6.75. The molecule has 0 aliphatic heterocycles. The van der Waals surface area contributed by atoms with E-state index in [9.17, 15) is 4.79 Å². The van der Waals surface area contributed by atoms with E-state index in [1.54, 1.807) is 7.11 Å². The Bertz CT molecular complexity index is 466. The van der Waals surface area contributed by atoms with Crippen molar-refractivity contribution in [2.45, 2.75) is 51.7 Å². The first-order valence-electron chi connectivity index (χ1n) is 7.26. The number of rotatable bonds is 4. The topological polar surface area (TPSA) is 50.4 Å². The van der Waals surface area contributed by atoms with Gasteiger partial charge in [-0.2, -0.15) is 0 Å². The van der Waals surface area contributed by atoms with Gasteiger partial charge in [-0.15, -0.1) is 0 Å². The molecule has 2 N–H and O–H groups in total. The van der Waals surface area contributed by atoms with Crippen molar-refractivity contribution in [2.75, 3.05) is 17.7 Å². The van der Waals surface area contributed by atoms with Crippen molar-refractivity contribution in [3.8, 4) is 0 Å². The molecule has 0 saturated heterocycles. The van der Waals surface area contributed by atoms with E-state index in [1.807, 2.05) is 18.2 Å². The zero-order valence-corrected chi connectivity index (χ0v) is 12.5. The Hall–Kier alpha value is -1.55. The number of benzene rings is 1. The number of anilines is 2. The first-order chi connectivity index (χ1) is 9.58. The average molecular weight is 276 g/mol. The fraction of sp³-hybridized carbons (Fsp3) is 0.562. The fourth-order valence-corrected chi connectivity index (χ4v) is 2.72. The van der Waals surface area contributed by atoms with Crippen LogP contribution in [0.3, 0.4) is 0 Å². The van der Waals surface area contributed by atoms with Crippen LogP contribution in [0.4, 0.5) is 11.4 Å². The minimum absolute atomic E-state index is 0.0413. The molecular weight excluding hydrogens is 252 g/mol. The zero-order chi connectivity index (χ0) is 14.5. The first-order valence-corrected chi connectivity index (χ1v) is 7.26. The Kier molecular flexibility index (Phi) is 5.01. The molecule has 110 valence electrons. The largest absolute Gasteiger partial charge is 0.382 e. The number of ether oxygens (including phenoxy) is 1. The molecule has 1 aromatic carbocycles. The number of amides is 1. The number of carbonyl (C=O) groups excluding carboxylic acids is 1. The van der Waals surface area contributed by atoms with Crippen LogP contribution in [0.5, 0.6) is 0 Å². The summed E-state index contributed by atoms with van der Waals surface area (Å²) in [6.45, 7) is 3.61. The van der Waals surface area contributed by atoms with Crippen molar-refractivity contribution in [1.82, 2.24) is 0 Å². The van der Waals surface area contributed by atoms with Crippen LogP contribution in [-0.4, -0.2) is 25.2 Å². The summed E-state index contributed by atoms with van der Waals surface area (Å²) in [5.74, 6) is -0.0413. The van der Waals surface area contributed by atoms with Crippen LogP contribution in [0.15, 0.2) is 18.2 Å². The van der Waals surface area contributed by atoms with Gasteiger partial charge in [0.15, 0.2) is 0 Å². The highest BCUT2D eigenvalue weighted by Gasteiger charge is 2.21. The summed E-state index contributed by atoms with van der Waals surface area (Å²) in [5, 5.41) is 6.43. The average Bonchev–Trinajstić information content (AvgIpc) is 2.43. The van der Waals surface area contributed by atoms with Crippen molar-refractivity contribution in [3.63, 3.8) is 0 Å². The molecule has 2 rings (SSSR count). The second-order valence-electron chi connectivity index (χ2n) is 5.56. The van der Waals surface area contributed by atoms with Gasteiger partial charge in [0.05, 0.1) is 6.10 Å². The summed E-state index contributed by atoms with van der Waals surface area (Å²) in [6.07, 6.45) is 4.89. The lowest BCUT2D eigenvalue weighted by molar-refractivity contribution is -0.114. The van der Waals surface area contributed by atoms with Crippen LogP contribution < -0.4 is 10.6 Å². The smallest absolute Gasteiger partial charge is 0.221 e. The quantitative estimate of drug-likeness (QED) is 0.887. The lowest BCUT2D eigenvalue weighted by Gasteiger charge is -2.29. The molecule has 0 heterocycles. The Morgan fingerprint density at radius 3 is 2.55 bits per heavy atom. The molecule has 20 heavy (non-hydrogen) atoms. The maximum Gasteiger partial charge on any atom is 0.221 e. The van der Waals surface area contributed by atoms with E-state index in [1.165, 1.54) is 12.5 Å². The molecule has 0 atom stereocenters. The Balaban J connectivity index is 2.00. The van der Waals surface area contributed by atoms with Crippen molar-refractivity contribution in [2.24, 2.45) is 0 Å². The number of aryl methyl sites for hydroxylation is 1. The summed E-state index contributed by atoms with van der Waals surface area (Å²) in [5.41, 5.74) is 3.15. The molecule has 0 aromatic heterocycles. The van der Waals surface area contributed by atoms with Crippen LogP contribution in [-0.2, 0) is 9.53 Å². The van der Waals surface area contributed by atoms with Gasteiger partial charge in [-0.3, -0.25) is 4.79 Å². The van der Waals surface area contributed by atoms with Gasteiger partial charge in [0.25, 0.3) is 0 Å². The fourth-order valence-electron chi connectivity index (χ4n) is 2.72. The van der Waals surface area contributed by atoms with Crippen molar-refractivity contribution < 1.29 is 9.53 Å². The number of hydrogen-bond donors (Lipinski definition) is 2. The van der Waals surface area contributed by atoms with Crippen LogP contribution in [0.1, 0.15) is 38.2 Å². The standard InChI is InChI=1S/C16H24N2O2/c1-11-4-5-14(17-12(2)19)10-16(11)18-13-6-8-15(20-3)9-7-13/h4-5,10,13,15,18H,6-9H2,1-3H3,(H,17,19). The minimum Gasteiger partial charge on any atom is -0.382 e. The van der Waals surface area contributed by atoms with Crippen molar-refractivity contribution in [3.05, 3.63) is 23.8 Å². The Morgan fingerprint density at radius 2 is 1.95 bits per heavy atom. The number of nitrogens with one attached hydrogen (secondary N) is 2. The molecule has 1 fully saturated rings. The van der Waals surface area contributed by atoms with E-state index < -0.39 is 0 Å². The van der Waals surface area contributed by atoms with Gasteiger partial charge in [0.1, 0.15) is 0 Å². The highest BCUT2D eigenvalue weighted by molar-refractivity contribution is 5.89. The van der Waals surface area contributed by atoms with Crippen LogP contribution in [0.2, 0.25) is 0 Å². The molecule has 4 nitrogen and oxygen atoms in total. The number of hydrogen-bond acceptors (Lipinski definition) is 3. The minimum atomic E-state index is -0.0413. The second-order valence-corrected chi connectivity index (χ2v) is 5.56. The molecule has 0 spiro atoms. The van der Waals surface area contributed by atoms with Gasteiger partial charge in [-0.05, 0) is 50.3 Å². The van der Waals surface area contributed by atoms with E-state index in [0.717, 1.165) is 37.1 Å². The Labute approximate surface area is 120 Å². The zero-order valence-electron chi connectivity index (χ0n) is 12.5. The maximum atomic E-state index is 11.1. The van der Waals surface area contributed by atoms with Gasteiger partial charge in [-0.25, -0.2) is 0 Å². The van der Waals surface area contributed by atoms with Crippen LogP contribution >= 0.6 is 0 Å². The van der Waals surface area contributed by atoms with Crippen molar-refractivity contribution >= 4 is 17.3 Å². The molecule has 1 aliphatic carbocycles. The van der Waals surface area contributed by atoms with Gasteiger partial charge in [-0.1, -0.05) is 6.07 Å². The third-order valence-electron chi connectivity index (χ3n) is 3.93. The van der Waals surface area contributed by atoms with E-state index in [-0.39, 0.29) is 5.91 Å². The molecule has 0 bridgehead atoms. The third-order valence-corrected chi connectivity index (χ3v) is 3.93. The summed E-state index contributed by atoms with van der Waals surface area (Å²) in [6, 6.07) is 6.48. The molecule has 1 amide bonds. The predicted octanol–water partition coefficient (Wildman–Crippen LogP) is 3.32. The van der Waals surface area contributed by atoms with Gasteiger partial charge < -0.3 is 15.4 Å². The van der Waals surface area contributed by atoms with Crippen LogP contribution in [0, 0.1) is 6.92 Å². The molecule has 1 saturated carbocycles. The summed E-state index contributed by atoms with van der Waals surface area (Å²) >= 11 is 0. The SMILES string of the molecule is COC1CCC(Nc2cc(NC(C)=O)ccc2C)CC1. The maximum absolute atomic E-state index is 11.1. The number of carbonyl (C=O) groups is 1. The molecule has 1 aromatic rings. The molecule has 4 heteroatoms. The van der Waals surface area contributed by atoms with Crippen molar-refractivity contribution in [1.29, 1.82) is 0 Å². The highest BCUT2D eigenvalue weighted by Crippen LogP contribution is 2.27. The monoisotopic (exact) mass is 276 g/mol. The summed E-state index contributed by atoms with van der Waals surface area (Å²) < 4.78 is 5.40. The first kappa shape index (κ1) is 14.9. The van der Waals surface area contributed by atoms with Crippen LogP contribution in [0.25, 0.3) is 0 Å². The lowest BCUT2D eigenvalue weighted by Crippen LogP contribution is -2.29. The van der Waals surface area contributed by atoms with E-state index in [4.69, 9.17) is 4.74 Å². The molecular formula is C16H24N2O2. The molecule has 0 radical (unpaired) electrons. The third kappa shape index (κ3) is 3.97. The number of methoxy groups -OCH3 is 1. The molecule has 0 unspecified atom stereocenters. The molecule has 1 aliphatic rings. The lowest BCUT2D eigenvalue weighted by atomic mass is 9.92. The van der Waals surface area contributed by atoms with Gasteiger partial charge >= 0.3 is 0 Å². The van der Waals surface area contributed by atoms with Gasteiger partial charge in [0, 0.05) is 31.5 Å². The predicted molar refractivity (Wildman–Crippen MR) is 82.2 cm³/mol. The highest BCUT2D eigenvalue weighted by atomic mass is 16.5. The van der Waals surface area contributed by atoms with Gasteiger partial charge in [0.2, 0.25) is 5.91 Å². The van der Waals surface area contributed by atoms with E-state index in [0.29, 0.717) is 12.1 Å². The normalized spacial score (nSPS) is 22.4. The van der Waals surface area contributed by atoms with E-state index >= 15 is 0 Å². The summed E-state index contributed by atoms with van der Waals surface area (Å²) in [7, 11) is 1.79. The van der Waals surface area contributed by atoms with E-state index in [2.05, 4.69) is 17.6 Å².